The lowest BCUT2D eigenvalue weighted by atomic mass is 10.1. The number of rotatable bonds is 5. The van der Waals surface area contributed by atoms with Gasteiger partial charge in [0.15, 0.2) is 11.6 Å². The molecule has 124 valence electrons. The molecular weight excluding hydrogens is 313 g/mol. The van der Waals surface area contributed by atoms with Gasteiger partial charge in [0.2, 0.25) is 0 Å². The molecule has 0 bridgehead atoms. The number of halogens is 3. The van der Waals surface area contributed by atoms with Gasteiger partial charge in [-0.3, -0.25) is 0 Å². The van der Waals surface area contributed by atoms with E-state index >= 15 is 0 Å². The van der Waals surface area contributed by atoms with Gasteiger partial charge < -0.3 is 4.74 Å². The van der Waals surface area contributed by atoms with Crippen LogP contribution in [0.15, 0.2) is 48.5 Å². The molecule has 0 amide bonds. The largest absolute Gasteiger partial charge is 0.489 e. The summed E-state index contributed by atoms with van der Waals surface area (Å²) in [5.41, 5.74) is 1.42. The van der Waals surface area contributed by atoms with Crippen LogP contribution < -0.4 is 4.74 Å². The first-order valence-corrected chi connectivity index (χ1v) is 7.86. The third kappa shape index (κ3) is 3.37. The van der Waals surface area contributed by atoms with Crippen LogP contribution in [0.4, 0.5) is 13.2 Å². The number of ether oxygens (including phenoxy) is 1. The lowest BCUT2D eigenvalue weighted by Gasteiger charge is -2.10. The highest BCUT2D eigenvalue weighted by atomic mass is 19.2. The third-order valence-corrected chi connectivity index (χ3v) is 3.93. The van der Waals surface area contributed by atoms with Crippen molar-refractivity contribution < 1.29 is 17.9 Å². The van der Waals surface area contributed by atoms with Gasteiger partial charge in [0.05, 0.1) is 0 Å². The van der Waals surface area contributed by atoms with Gasteiger partial charge in [-0.1, -0.05) is 31.5 Å². The minimum atomic E-state index is -0.884. The van der Waals surface area contributed by atoms with Crippen molar-refractivity contribution in [3.05, 3.63) is 77.1 Å². The zero-order chi connectivity index (χ0) is 17.1. The fourth-order valence-corrected chi connectivity index (χ4v) is 2.65. The average molecular weight is 330 g/mol. The van der Waals surface area contributed by atoms with E-state index in [1.54, 1.807) is 18.2 Å². The molecule has 3 rings (SSSR count). The zero-order valence-electron chi connectivity index (χ0n) is 13.3. The van der Waals surface area contributed by atoms with Crippen LogP contribution in [0.25, 0.3) is 10.8 Å². The maximum atomic E-state index is 14.1. The van der Waals surface area contributed by atoms with Crippen LogP contribution >= 0.6 is 0 Å². The molecule has 0 radical (unpaired) electrons. The van der Waals surface area contributed by atoms with Crippen molar-refractivity contribution in [2.45, 2.75) is 26.4 Å². The number of aryl methyl sites for hydroxylation is 1. The van der Waals surface area contributed by atoms with E-state index in [0.717, 1.165) is 24.5 Å². The Hall–Kier alpha value is -2.49. The molecule has 3 aromatic carbocycles. The summed E-state index contributed by atoms with van der Waals surface area (Å²) in [4.78, 5) is 0. The SMILES string of the molecule is CCCc1ccc(COc2ccc3c(F)c(F)ccc3c2)c(F)c1. The molecule has 0 aromatic heterocycles. The summed E-state index contributed by atoms with van der Waals surface area (Å²) in [6.07, 6.45) is 1.80. The quantitative estimate of drug-likeness (QED) is 0.575. The Balaban J connectivity index is 1.77. The fraction of sp³-hybridized carbons (Fsp3) is 0.200. The first kappa shape index (κ1) is 16.4. The zero-order valence-corrected chi connectivity index (χ0v) is 13.3. The van der Waals surface area contributed by atoms with Crippen LogP contribution in [-0.2, 0) is 13.0 Å². The Labute approximate surface area is 138 Å². The van der Waals surface area contributed by atoms with Gasteiger partial charge >= 0.3 is 0 Å². The highest BCUT2D eigenvalue weighted by Crippen LogP contribution is 2.25. The lowest BCUT2D eigenvalue weighted by Crippen LogP contribution is -2.00. The molecule has 1 nitrogen and oxygen atoms in total. The van der Waals surface area contributed by atoms with Gasteiger partial charge in [-0.15, -0.1) is 0 Å². The minimum Gasteiger partial charge on any atom is -0.489 e. The predicted octanol–water partition coefficient (Wildman–Crippen LogP) is 5.79. The first-order valence-electron chi connectivity index (χ1n) is 7.86. The second-order valence-corrected chi connectivity index (χ2v) is 5.71. The van der Waals surface area contributed by atoms with Gasteiger partial charge in [0.25, 0.3) is 0 Å². The summed E-state index contributed by atoms with van der Waals surface area (Å²) in [5.74, 6) is -1.58. The maximum absolute atomic E-state index is 14.1. The van der Waals surface area contributed by atoms with Gasteiger partial charge in [0, 0.05) is 10.9 Å². The van der Waals surface area contributed by atoms with E-state index in [1.807, 2.05) is 13.0 Å². The third-order valence-electron chi connectivity index (χ3n) is 3.93. The van der Waals surface area contributed by atoms with E-state index in [9.17, 15) is 13.2 Å². The molecule has 0 spiro atoms. The van der Waals surface area contributed by atoms with Crippen LogP contribution in [0.5, 0.6) is 5.75 Å². The second kappa shape index (κ2) is 6.95. The normalized spacial score (nSPS) is 11.0. The molecule has 0 aliphatic heterocycles. The standard InChI is InChI=1S/C20H17F3O/c1-2-3-13-4-5-15(19(22)10-13)12-24-16-7-8-17-14(11-16)6-9-18(21)20(17)23/h4-11H,2-3,12H2,1H3. The molecule has 0 heterocycles. The van der Waals surface area contributed by atoms with Crippen LogP contribution in [0.1, 0.15) is 24.5 Å². The molecule has 24 heavy (non-hydrogen) atoms. The molecule has 0 fully saturated rings. The molecule has 0 aliphatic carbocycles. The summed E-state index contributed by atoms with van der Waals surface area (Å²) in [6, 6.07) is 12.3. The van der Waals surface area contributed by atoms with Gasteiger partial charge in [0.1, 0.15) is 18.2 Å². The second-order valence-electron chi connectivity index (χ2n) is 5.71. The van der Waals surface area contributed by atoms with E-state index in [4.69, 9.17) is 4.74 Å². The van der Waals surface area contributed by atoms with Crippen LogP contribution in [-0.4, -0.2) is 0 Å². The summed E-state index contributed by atoms with van der Waals surface area (Å²) >= 11 is 0. The number of benzene rings is 3. The minimum absolute atomic E-state index is 0.0768. The van der Waals surface area contributed by atoms with E-state index in [2.05, 4.69) is 0 Å². The Bertz CT molecular complexity index is 874. The smallest absolute Gasteiger partial charge is 0.166 e. The number of hydrogen-bond acceptors (Lipinski definition) is 1. The molecule has 3 aromatic rings. The summed E-state index contributed by atoms with van der Waals surface area (Å²) in [6.45, 7) is 2.12. The molecule has 0 N–H and O–H groups in total. The summed E-state index contributed by atoms with van der Waals surface area (Å²) < 4.78 is 46.5. The molecule has 0 saturated carbocycles. The Morgan fingerprint density at radius 1 is 0.875 bits per heavy atom. The molecule has 0 aliphatic rings. The molecular formula is C20H17F3O. The molecule has 0 saturated heterocycles. The monoisotopic (exact) mass is 330 g/mol. The van der Waals surface area contributed by atoms with Crippen LogP contribution in [0.2, 0.25) is 0 Å². The van der Waals surface area contributed by atoms with E-state index in [0.29, 0.717) is 16.7 Å². The highest BCUT2D eigenvalue weighted by molar-refractivity contribution is 5.84. The summed E-state index contributed by atoms with van der Waals surface area (Å²) in [5, 5.41) is 0.725. The Morgan fingerprint density at radius 2 is 1.71 bits per heavy atom. The summed E-state index contributed by atoms with van der Waals surface area (Å²) in [7, 11) is 0. The molecule has 0 unspecified atom stereocenters. The first-order chi connectivity index (χ1) is 11.6. The Kier molecular flexibility index (Phi) is 4.74. The predicted molar refractivity (Wildman–Crippen MR) is 88.6 cm³/mol. The highest BCUT2D eigenvalue weighted by Gasteiger charge is 2.09. The average Bonchev–Trinajstić information content (AvgIpc) is 2.58. The maximum Gasteiger partial charge on any atom is 0.166 e. The molecule has 0 atom stereocenters. The van der Waals surface area contributed by atoms with E-state index in [-0.39, 0.29) is 17.8 Å². The van der Waals surface area contributed by atoms with Crippen molar-refractivity contribution in [3.63, 3.8) is 0 Å². The topological polar surface area (TPSA) is 9.23 Å². The fourth-order valence-electron chi connectivity index (χ4n) is 2.65. The Morgan fingerprint density at radius 3 is 2.46 bits per heavy atom. The van der Waals surface area contributed by atoms with E-state index in [1.165, 1.54) is 18.2 Å². The van der Waals surface area contributed by atoms with Gasteiger partial charge in [-0.05, 0) is 47.7 Å². The van der Waals surface area contributed by atoms with Gasteiger partial charge in [-0.2, -0.15) is 0 Å². The lowest BCUT2D eigenvalue weighted by molar-refractivity contribution is 0.300. The van der Waals surface area contributed by atoms with Crippen LogP contribution in [0, 0.1) is 17.5 Å². The van der Waals surface area contributed by atoms with E-state index < -0.39 is 11.6 Å². The van der Waals surface area contributed by atoms with Crippen molar-refractivity contribution >= 4 is 10.8 Å². The van der Waals surface area contributed by atoms with Crippen molar-refractivity contribution in [3.8, 4) is 5.75 Å². The van der Waals surface area contributed by atoms with Crippen molar-refractivity contribution in [1.82, 2.24) is 0 Å². The van der Waals surface area contributed by atoms with Crippen LogP contribution in [0.3, 0.4) is 0 Å². The van der Waals surface area contributed by atoms with Crippen molar-refractivity contribution in [1.29, 1.82) is 0 Å². The van der Waals surface area contributed by atoms with Gasteiger partial charge in [-0.25, -0.2) is 13.2 Å². The molecule has 4 heteroatoms. The number of fused-ring (bicyclic) bond motifs is 1. The van der Waals surface area contributed by atoms with Crippen molar-refractivity contribution in [2.75, 3.05) is 0 Å². The number of hydrogen-bond donors (Lipinski definition) is 0. The van der Waals surface area contributed by atoms with Crippen molar-refractivity contribution in [2.24, 2.45) is 0 Å².